The Balaban J connectivity index is 2.23. The number of nitro groups is 1. The van der Waals surface area contributed by atoms with Crippen LogP contribution in [-0.4, -0.2) is 33.9 Å². The van der Waals surface area contributed by atoms with Crippen LogP contribution < -0.4 is 11.1 Å². The average molecular weight is 377 g/mol. The highest BCUT2D eigenvalue weighted by molar-refractivity contribution is 5.89. The van der Waals surface area contributed by atoms with E-state index in [1.807, 2.05) is 6.92 Å². The predicted octanol–water partition coefficient (Wildman–Crippen LogP) is 3.03. The zero-order valence-electron chi connectivity index (χ0n) is 15.5. The van der Waals surface area contributed by atoms with Crippen LogP contribution in [0.15, 0.2) is 18.2 Å². The minimum absolute atomic E-state index is 0.0110. The number of carbonyl (C=O) groups excluding carboxylic acids is 1. The van der Waals surface area contributed by atoms with E-state index in [-0.39, 0.29) is 35.9 Å². The summed E-state index contributed by atoms with van der Waals surface area (Å²) in [6, 6.07) is 2.92. The van der Waals surface area contributed by atoms with Crippen LogP contribution in [0.1, 0.15) is 50.5 Å². The summed E-state index contributed by atoms with van der Waals surface area (Å²) in [4.78, 5) is 34.9. The monoisotopic (exact) mass is 377 g/mol. The highest BCUT2D eigenvalue weighted by Crippen LogP contribution is 2.30. The number of nitro benzene ring substituents is 1. The molecule has 0 radical (unpaired) electrons. The van der Waals surface area contributed by atoms with Gasteiger partial charge in [0.05, 0.1) is 11.0 Å². The quantitative estimate of drug-likeness (QED) is 0.444. The lowest BCUT2D eigenvalue weighted by molar-refractivity contribution is -0.384. The van der Waals surface area contributed by atoms with Crippen LogP contribution in [0.5, 0.6) is 0 Å². The molecule has 0 heterocycles. The van der Waals surface area contributed by atoms with Crippen molar-refractivity contribution in [2.75, 3.05) is 5.32 Å². The summed E-state index contributed by atoms with van der Waals surface area (Å²) in [5, 5.41) is 23.4. The van der Waals surface area contributed by atoms with Gasteiger partial charge in [-0.25, -0.2) is 0 Å². The lowest BCUT2D eigenvalue weighted by Gasteiger charge is -2.27. The van der Waals surface area contributed by atoms with Crippen molar-refractivity contribution in [2.45, 2.75) is 64.0 Å². The van der Waals surface area contributed by atoms with Crippen LogP contribution in [0.2, 0.25) is 0 Å². The van der Waals surface area contributed by atoms with Crippen molar-refractivity contribution in [3.8, 4) is 0 Å². The Morgan fingerprint density at radius 1 is 1.30 bits per heavy atom. The number of carboxylic acids is 1. The third-order valence-corrected chi connectivity index (χ3v) is 5.11. The number of hydrogen-bond donors (Lipinski definition) is 3. The van der Waals surface area contributed by atoms with Gasteiger partial charge >= 0.3 is 5.97 Å². The highest BCUT2D eigenvalue weighted by Gasteiger charge is 2.30. The molecule has 27 heavy (non-hydrogen) atoms. The second-order valence-corrected chi connectivity index (χ2v) is 7.23. The molecular formula is C19H27N3O5. The largest absolute Gasteiger partial charge is 0.480 e. The van der Waals surface area contributed by atoms with Gasteiger partial charge < -0.3 is 16.2 Å². The third-order valence-electron chi connectivity index (χ3n) is 5.11. The molecule has 1 aliphatic carbocycles. The molecule has 1 fully saturated rings. The molecule has 0 aliphatic heterocycles. The number of carbonyl (C=O) groups is 2. The molecule has 0 bridgehead atoms. The average Bonchev–Trinajstić information content (AvgIpc) is 2.64. The molecule has 2 atom stereocenters. The summed E-state index contributed by atoms with van der Waals surface area (Å²) in [5.41, 5.74) is 6.59. The maximum absolute atomic E-state index is 13.0. The first-order chi connectivity index (χ1) is 12.8. The number of rotatable bonds is 9. The van der Waals surface area contributed by atoms with Crippen molar-refractivity contribution in [1.82, 2.24) is 0 Å². The van der Waals surface area contributed by atoms with Gasteiger partial charge in [-0.15, -0.1) is 0 Å². The SMILES string of the molecule is Cc1ccc([N+](=O)[O-])c(NC(CCC(N)C(=O)O)C(=O)C2CCCCC2)c1. The maximum atomic E-state index is 13.0. The smallest absolute Gasteiger partial charge is 0.320 e. The van der Waals surface area contributed by atoms with E-state index in [9.17, 15) is 19.7 Å². The minimum atomic E-state index is -1.12. The first-order valence-corrected chi connectivity index (χ1v) is 9.33. The van der Waals surface area contributed by atoms with E-state index in [0.717, 1.165) is 37.7 Å². The van der Waals surface area contributed by atoms with Crippen LogP contribution in [0.3, 0.4) is 0 Å². The number of carboxylic acid groups (broad SMARTS) is 1. The molecule has 1 aromatic rings. The van der Waals surface area contributed by atoms with Gasteiger partial charge in [-0.2, -0.15) is 0 Å². The Bertz CT molecular complexity index is 701. The van der Waals surface area contributed by atoms with Crippen molar-refractivity contribution in [3.63, 3.8) is 0 Å². The number of benzene rings is 1. The van der Waals surface area contributed by atoms with Crippen molar-refractivity contribution in [3.05, 3.63) is 33.9 Å². The lowest BCUT2D eigenvalue weighted by atomic mass is 9.82. The van der Waals surface area contributed by atoms with Gasteiger partial charge in [-0.3, -0.25) is 19.7 Å². The molecule has 0 aromatic heterocycles. The van der Waals surface area contributed by atoms with E-state index in [1.54, 1.807) is 12.1 Å². The predicted molar refractivity (Wildman–Crippen MR) is 102 cm³/mol. The van der Waals surface area contributed by atoms with Gasteiger partial charge in [0.15, 0.2) is 5.78 Å². The summed E-state index contributed by atoms with van der Waals surface area (Å²) in [7, 11) is 0. The third kappa shape index (κ3) is 5.75. The number of nitrogens with one attached hydrogen (secondary N) is 1. The first-order valence-electron chi connectivity index (χ1n) is 9.33. The van der Waals surface area contributed by atoms with E-state index < -0.39 is 23.0 Å². The van der Waals surface area contributed by atoms with Gasteiger partial charge in [-0.05, 0) is 44.2 Å². The fraction of sp³-hybridized carbons (Fsp3) is 0.579. The number of aliphatic carboxylic acids is 1. The first kappa shape index (κ1) is 20.8. The molecule has 148 valence electrons. The topological polar surface area (TPSA) is 136 Å². The summed E-state index contributed by atoms with van der Waals surface area (Å²) in [6.45, 7) is 1.81. The molecular weight excluding hydrogens is 350 g/mol. The number of Topliss-reactive ketones (excluding diaryl/α,β-unsaturated/α-hetero) is 1. The van der Waals surface area contributed by atoms with Crippen LogP contribution >= 0.6 is 0 Å². The Hall–Kier alpha value is -2.48. The van der Waals surface area contributed by atoms with Crippen LogP contribution in [0.4, 0.5) is 11.4 Å². The van der Waals surface area contributed by atoms with Gasteiger partial charge in [-0.1, -0.05) is 25.3 Å². The van der Waals surface area contributed by atoms with Gasteiger partial charge in [0.25, 0.3) is 5.69 Å². The van der Waals surface area contributed by atoms with Crippen LogP contribution in [-0.2, 0) is 9.59 Å². The fourth-order valence-corrected chi connectivity index (χ4v) is 3.54. The normalized spacial score (nSPS) is 17.1. The number of hydrogen-bond acceptors (Lipinski definition) is 6. The van der Waals surface area contributed by atoms with Crippen molar-refractivity contribution < 1.29 is 19.6 Å². The highest BCUT2D eigenvalue weighted by atomic mass is 16.6. The second kappa shape index (κ2) is 9.45. The lowest BCUT2D eigenvalue weighted by Crippen LogP contribution is -2.38. The van der Waals surface area contributed by atoms with E-state index >= 15 is 0 Å². The molecule has 0 saturated heterocycles. The molecule has 1 aliphatic rings. The zero-order chi connectivity index (χ0) is 20.0. The van der Waals surface area contributed by atoms with E-state index in [1.165, 1.54) is 6.07 Å². The second-order valence-electron chi connectivity index (χ2n) is 7.23. The maximum Gasteiger partial charge on any atom is 0.320 e. The summed E-state index contributed by atoms with van der Waals surface area (Å²) >= 11 is 0. The van der Waals surface area contributed by atoms with Gasteiger partial charge in [0.2, 0.25) is 0 Å². The Labute approximate surface area is 158 Å². The Kier molecular flexibility index (Phi) is 7.29. The zero-order valence-corrected chi connectivity index (χ0v) is 15.5. The van der Waals surface area contributed by atoms with Crippen LogP contribution in [0.25, 0.3) is 0 Å². The molecule has 1 saturated carbocycles. The van der Waals surface area contributed by atoms with E-state index in [2.05, 4.69) is 5.32 Å². The molecule has 1 aromatic carbocycles. The molecule has 8 nitrogen and oxygen atoms in total. The molecule has 2 unspecified atom stereocenters. The van der Waals surface area contributed by atoms with E-state index in [0.29, 0.717) is 0 Å². The summed E-state index contributed by atoms with van der Waals surface area (Å²) in [6.07, 6.45) is 5.02. The Morgan fingerprint density at radius 2 is 1.96 bits per heavy atom. The van der Waals surface area contributed by atoms with Gasteiger partial charge in [0.1, 0.15) is 11.7 Å². The minimum Gasteiger partial charge on any atom is -0.480 e. The molecule has 4 N–H and O–H groups in total. The number of nitrogens with two attached hydrogens (primary N) is 1. The molecule has 0 spiro atoms. The standard InChI is InChI=1S/C19H27N3O5/c1-12-7-10-17(22(26)27)16(11-12)21-15(9-8-14(20)19(24)25)18(23)13-5-3-2-4-6-13/h7,10-11,13-15,21H,2-6,8-9,20H2,1H3,(H,24,25). The number of nitrogens with zero attached hydrogens (tertiary/aromatic N) is 1. The van der Waals surface area contributed by atoms with E-state index in [4.69, 9.17) is 10.8 Å². The van der Waals surface area contributed by atoms with Crippen molar-refractivity contribution >= 4 is 23.1 Å². The Morgan fingerprint density at radius 3 is 2.56 bits per heavy atom. The number of anilines is 1. The molecule has 0 amide bonds. The number of aryl methyl sites for hydroxylation is 1. The number of ketones is 1. The molecule has 2 rings (SSSR count). The van der Waals surface area contributed by atoms with Crippen LogP contribution in [0, 0.1) is 23.0 Å². The summed E-state index contributed by atoms with van der Waals surface area (Å²) in [5.74, 6) is -1.23. The fourth-order valence-electron chi connectivity index (χ4n) is 3.54. The van der Waals surface area contributed by atoms with Gasteiger partial charge in [0, 0.05) is 12.0 Å². The van der Waals surface area contributed by atoms with Crippen molar-refractivity contribution in [2.24, 2.45) is 11.7 Å². The van der Waals surface area contributed by atoms with Crippen molar-refractivity contribution in [1.29, 1.82) is 0 Å². The summed E-state index contributed by atoms with van der Waals surface area (Å²) < 4.78 is 0. The molecule has 8 heteroatoms.